The Labute approximate surface area is 181 Å². The minimum absolute atomic E-state index is 0.0821. The zero-order valence-corrected chi connectivity index (χ0v) is 18.3. The van der Waals surface area contributed by atoms with Gasteiger partial charge in [-0.15, -0.1) is 0 Å². The highest BCUT2D eigenvalue weighted by Gasteiger charge is 2.32. The van der Waals surface area contributed by atoms with E-state index in [2.05, 4.69) is 36.2 Å². The maximum atomic E-state index is 8.88. The van der Waals surface area contributed by atoms with Crippen LogP contribution in [0.25, 0.3) is 0 Å². The molecule has 0 aliphatic carbocycles. The first-order chi connectivity index (χ1) is 14.1. The van der Waals surface area contributed by atoms with E-state index < -0.39 is 0 Å². The Bertz CT molecular complexity index is 897. The highest BCUT2D eigenvalue weighted by atomic mass is 35.5. The van der Waals surface area contributed by atoms with Crippen LogP contribution in [0.15, 0.2) is 57.2 Å². The molecule has 0 amide bonds. The van der Waals surface area contributed by atoms with Crippen molar-refractivity contribution in [1.29, 1.82) is 0 Å². The normalized spacial score (nSPS) is 17.9. The second-order valence-corrected chi connectivity index (χ2v) is 9.28. The summed E-state index contributed by atoms with van der Waals surface area (Å²) in [5.74, 6) is 1.02. The van der Waals surface area contributed by atoms with Gasteiger partial charge in [0.1, 0.15) is 12.4 Å². The number of likely N-dealkylation sites (N-methyl/N-ethyl adjacent to an activating group) is 1. The third-order valence-electron chi connectivity index (χ3n) is 5.62. The molecule has 7 heteroatoms. The van der Waals surface area contributed by atoms with Gasteiger partial charge in [0.15, 0.2) is 0 Å². The molecule has 0 aromatic heterocycles. The summed E-state index contributed by atoms with van der Waals surface area (Å²) in [6.07, 6.45) is 0. The van der Waals surface area contributed by atoms with Crippen LogP contribution in [0.2, 0.25) is 5.02 Å². The molecule has 2 heterocycles. The number of ether oxygens (including phenoxy) is 1. The molecule has 0 radical (unpaired) electrons. The molecule has 29 heavy (non-hydrogen) atoms. The largest absolute Gasteiger partial charge is 0.394 e. The van der Waals surface area contributed by atoms with Crippen LogP contribution in [0.1, 0.15) is 5.56 Å². The quantitative estimate of drug-likeness (QED) is 0.578. The Kier molecular flexibility index (Phi) is 6.47. The summed E-state index contributed by atoms with van der Waals surface area (Å²) < 4.78 is 6.46. The molecule has 5 nitrogen and oxygen atoms in total. The van der Waals surface area contributed by atoms with Crippen LogP contribution in [0, 0.1) is 0 Å². The number of hydrogen-bond donors (Lipinski definition) is 1. The standard InChI is InChI=1S/C22H27ClN3O2S/c1-26(12-14-28-15-13-27)10-8-25(9-11-26)22-18-16-17(23)6-7-20(18)29-21-5-3-2-4-19(21)24-22/h2-7,16,27H,8-15H2,1H3/q+1. The first-order valence-electron chi connectivity index (χ1n) is 10.0. The molecule has 4 rings (SSSR count). The number of fused-ring (bicyclic) bond motifs is 2. The molecule has 1 saturated heterocycles. The number of para-hydroxylation sites is 1. The van der Waals surface area contributed by atoms with E-state index in [9.17, 15) is 0 Å². The molecular weight excluding hydrogens is 406 g/mol. The lowest BCUT2D eigenvalue weighted by molar-refractivity contribution is -0.913. The fraction of sp³-hybridized carbons (Fsp3) is 0.409. The van der Waals surface area contributed by atoms with Crippen molar-refractivity contribution in [2.24, 2.45) is 4.99 Å². The van der Waals surface area contributed by atoms with Gasteiger partial charge in [0.2, 0.25) is 0 Å². The Hall–Kier alpha value is -1.57. The molecule has 0 bridgehead atoms. The van der Waals surface area contributed by atoms with Gasteiger partial charge in [-0.05, 0) is 30.3 Å². The number of hydrogen-bond acceptors (Lipinski definition) is 5. The number of aliphatic imine (C=N–C) groups is 1. The number of benzene rings is 2. The monoisotopic (exact) mass is 432 g/mol. The molecule has 1 N–H and O–H groups in total. The van der Waals surface area contributed by atoms with Gasteiger partial charge in [0, 0.05) is 20.4 Å². The number of aliphatic hydroxyl groups excluding tert-OH is 1. The van der Waals surface area contributed by atoms with Gasteiger partial charge in [-0.3, -0.25) is 0 Å². The molecule has 2 aromatic carbocycles. The first-order valence-corrected chi connectivity index (χ1v) is 11.2. The molecule has 0 atom stereocenters. The van der Waals surface area contributed by atoms with Gasteiger partial charge in [-0.2, -0.15) is 0 Å². The van der Waals surface area contributed by atoms with E-state index >= 15 is 0 Å². The second-order valence-electron chi connectivity index (χ2n) is 7.76. The van der Waals surface area contributed by atoms with Gasteiger partial charge >= 0.3 is 0 Å². The van der Waals surface area contributed by atoms with Gasteiger partial charge in [-0.1, -0.05) is 35.5 Å². The molecule has 0 unspecified atom stereocenters. The lowest BCUT2D eigenvalue weighted by Crippen LogP contribution is -2.59. The lowest BCUT2D eigenvalue weighted by Gasteiger charge is -2.43. The second kappa shape index (κ2) is 9.06. The van der Waals surface area contributed by atoms with Crippen LogP contribution < -0.4 is 0 Å². The van der Waals surface area contributed by atoms with Gasteiger partial charge in [-0.25, -0.2) is 4.99 Å². The van der Waals surface area contributed by atoms with Crippen LogP contribution >= 0.6 is 23.4 Å². The van der Waals surface area contributed by atoms with E-state index in [4.69, 9.17) is 26.4 Å². The van der Waals surface area contributed by atoms with Crippen molar-refractivity contribution in [3.63, 3.8) is 0 Å². The van der Waals surface area contributed by atoms with Crippen molar-refractivity contribution in [2.75, 3.05) is 59.6 Å². The number of amidine groups is 1. The highest BCUT2D eigenvalue weighted by molar-refractivity contribution is 7.99. The Balaban J connectivity index is 1.56. The summed E-state index contributed by atoms with van der Waals surface area (Å²) in [7, 11) is 2.28. The maximum Gasteiger partial charge on any atom is 0.138 e. The predicted molar refractivity (Wildman–Crippen MR) is 118 cm³/mol. The Morgan fingerprint density at radius 3 is 2.72 bits per heavy atom. The average molecular weight is 433 g/mol. The summed E-state index contributed by atoms with van der Waals surface area (Å²) in [4.78, 5) is 9.84. The van der Waals surface area contributed by atoms with E-state index in [1.54, 1.807) is 11.8 Å². The SMILES string of the molecule is C[N+]1(CCOCCO)CCN(C2=Nc3ccccc3Sc3ccc(Cl)cc32)CC1. The number of halogens is 1. The minimum atomic E-state index is 0.0821. The molecular formula is C22H27ClN3O2S+. The average Bonchev–Trinajstić information content (AvgIpc) is 2.88. The molecule has 2 aromatic rings. The minimum Gasteiger partial charge on any atom is -0.394 e. The Morgan fingerprint density at radius 2 is 1.93 bits per heavy atom. The first kappa shape index (κ1) is 20.7. The lowest BCUT2D eigenvalue weighted by atomic mass is 10.1. The smallest absolute Gasteiger partial charge is 0.138 e. The number of nitrogens with zero attached hydrogens (tertiary/aromatic N) is 3. The molecule has 2 aliphatic heterocycles. The number of piperazine rings is 1. The maximum absolute atomic E-state index is 8.88. The van der Waals surface area contributed by atoms with Crippen molar-refractivity contribution >= 4 is 34.9 Å². The molecule has 2 aliphatic rings. The van der Waals surface area contributed by atoms with Crippen LogP contribution in [0.3, 0.4) is 0 Å². The fourth-order valence-electron chi connectivity index (χ4n) is 3.77. The van der Waals surface area contributed by atoms with Crippen LogP contribution in [0.5, 0.6) is 0 Å². The molecule has 1 fully saturated rings. The van der Waals surface area contributed by atoms with E-state index in [-0.39, 0.29) is 6.61 Å². The van der Waals surface area contributed by atoms with Crippen molar-refractivity contribution in [1.82, 2.24) is 4.90 Å². The predicted octanol–water partition coefficient (Wildman–Crippen LogP) is 3.65. The number of rotatable bonds is 5. The summed E-state index contributed by atoms with van der Waals surface area (Å²) in [6, 6.07) is 14.4. The fourth-order valence-corrected chi connectivity index (χ4v) is 4.94. The van der Waals surface area contributed by atoms with Crippen LogP contribution in [-0.2, 0) is 4.74 Å². The third kappa shape index (κ3) is 4.78. The third-order valence-corrected chi connectivity index (χ3v) is 7.00. The molecule has 154 valence electrons. The summed E-state index contributed by atoms with van der Waals surface area (Å²) in [5.41, 5.74) is 2.13. The van der Waals surface area contributed by atoms with Crippen molar-refractivity contribution < 1.29 is 14.3 Å². The van der Waals surface area contributed by atoms with E-state index in [1.807, 2.05) is 18.2 Å². The van der Waals surface area contributed by atoms with E-state index in [0.717, 1.165) is 59.3 Å². The number of quaternary nitrogens is 1. The highest BCUT2D eigenvalue weighted by Crippen LogP contribution is 2.41. The topological polar surface area (TPSA) is 45.1 Å². The Morgan fingerprint density at radius 1 is 1.14 bits per heavy atom. The van der Waals surface area contributed by atoms with E-state index in [1.165, 1.54) is 9.79 Å². The van der Waals surface area contributed by atoms with Gasteiger partial charge in [0.25, 0.3) is 0 Å². The van der Waals surface area contributed by atoms with Gasteiger partial charge in [0.05, 0.1) is 58.7 Å². The summed E-state index contributed by atoms with van der Waals surface area (Å²) in [5, 5.41) is 9.62. The zero-order chi connectivity index (χ0) is 20.3. The van der Waals surface area contributed by atoms with Crippen LogP contribution in [-0.4, -0.2) is 79.9 Å². The van der Waals surface area contributed by atoms with Gasteiger partial charge < -0.3 is 19.2 Å². The molecule has 0 saturated carbocycles. The van der Waals surface area contributed by atoms with Crippen molar-refractivity contribution in [2.45, 2.75) is 9.79 Å². The number of aliphatic hydroxyl groups is 1. The molecule has 0 spiro atoms. The summed E-state index contributed by atoms with van der Waals surface area (Å²) in [6.45, 7) is 6.08. The van der Waals surface area contributed by atoms with Crippen molar-refractivity contribution in [3.8, 4) is 0 Å². The van der Waals surface area contributed by atoms with Crippen LogP contribution in [0.4, 0.5) is 5.69 Å². The summed E-state index contributed by atoms with van der Waals surface area (Å²) >= 11 is 8.11. The van der Waals surface area contributed by atoms with E-state index in [0.29, 0.717) is 13.2 Å². The zero-order valence-electron chi connectivity index (χ0n) is 16.7. The van der Waals surface area contributed by atoms with Crippen molar-refractivity contribution in [3.05, 3.63) is 53.1 Å².